The molecule has 1 atom stereocenters. The van der Waals surface area contributed by atoms with Gasteiger partial charge in [-0.2, -0.15) is 22.1 Å². The summed E-state index contributed by atoms with van der Waals surface area (Å²) in [7, 11) is 0. The normalized spacial score (nSPS) is 19.3. The minimum Gasteiger partial charge on any atom is -0.332 e. The standard InChI is InChI=1S/C19H17FN4OS2/c1-12-15-8-16(17(25)22-19(10-21)6-7-26-11-19)27-18(15)24(23-12)9-13-2-4-14(20)5-3-13/h2-5,8H,6-7,9,11H2,1H3,(H,22,25)/t19-/m0/s1. The second-order valence-electron chi connectivity index (χ2n) is 6.65. The molecule has 1 fully saturated rings. The topological polar surface area (TPSA) is 70.7 Å². The molecule has 3 heterocycles. The van der Waals surface area contributed by atoms with Crippen LogP contribution in [0.2, 0.25) is 0 Å². The minimum atomic E-state index is -0.771. The number of carbonyl (C=O) groups is 1. The fourth-order valence-electron chi connectivity index (χ4n) is 3.15. The zero-order valence-corrected chi connectivity index (χ0v) is 16.3. The lowest BCUT2D eigenvalue weighted by atomic mass is 10.0. The predicted molar refractivity (Wildman–Crippen MR) is 106 cm³/mol. The van der Waals surface area contributed by atoms with Crippen LogP contribution in [0.15, 0.2) is 30.3 Å². The van der Waals surface area contributed by atoms with Crippen LogP contribution in [0.1, 0.15) is 27.3 Å². The van der Waals surface area contributed by atoms with E-state index in [2.05, 4.69) is 16.5 Å². The Morgan fingerprint density at radius 1 is 1.44 bits per heavy atom. The van der Waals surface area contributed by atoms with E-state index in [-0.39, 0.29) is 11.7 Å². The molecule has 1 aromatic carbocycles. The Labute approximate surface area is 164 Å². The van der Waals surface area contributed by atoms with Crippen LogP contribution in [-0.4, -0.2) is 32.7 Å². The smallest absolute Gasteiger partial charge is 0.262 e. The van der Waals surface area contributed by atoms with Crippen LogP contribution in [0.3, 0.4) is 0 Å². The fraction of sp³-hybridized carbons (Fsp3) is 0.316. The van der Waals surface area contributed by atoms with E-state index in [0.717, 1.165) is 27.2 Å². The maximum absolute atomic E-state index is 13.1. The first-order chi connectivity index (χ1) is 13.0. The zero-order chi connectivity index (χ0) is 19.0. The monoisotopic (exact) mass is 400 g/mol. The molecule has 3 aromatic rings. The highest BCUT2D eigenvalue weighted by atomic mass is 32.2. The Morgan fingerprint density at radius 3 is 2.89 bits per heavy atom. The Balaban J connectivity index is 1.61. The molecule has 1 N–H and O–H groups in total. The van der Waals surface area contributed by atoms with Crippen molar-refractivity contribution in [2.45, 2.75) is 25.4 Å². The van der Waals surface area contributed by atoms with Crippen molar-refractivity contribution in [3.8, 4) is 6.07 Å². The highest BCUT2D eigenvalue weighted by molar-refractivity contribution is 7.99. The molecule has 4 rings (SSSR count). The van der Waals surface area contributed by atoms with Crippen molar-refractivity contribution in [2.24, 2.45) is 0 Å². The van der Waals surface area contributed by atoms with Crippen LogP contribution in [0.5, 0.6) is 0 Å². The lowest BCUT2D eigenvalue weighted by Gasteiger charge is -2.20. The summed E-state index contributed by atoms with van der Waals surface area (Å²) in [5, 5.41) is 17.9. The number of nitrogens with zero attached hydrogens (tertiary/aromatic N) is 3. The van der Waals surface area contributed by atoms with Gasteiger partial charge in [0.2, 0.25) is 0 Å². The molecule has 2 aromatic heterocycles. The van der Waals surface area contributed by atoms with E-state index >= 15 is 0 Å². The number of thioether (sulfide) groups is 1. The largest absolute Gasteiger partial charge is 0.332 e. The molecule has 0 unspecified atom stereocenters. The number of aromatic nitrogens is 2. The quantitative estimate of drug-likeness (QED) is 0.725. The number of halogens is 1. The van der Waals surface area contributed by atoms with E-state index in [1.54, 1.807) is 23.9 Å². The number of fused-ring (bicyclic) bond motifs is 1. The molecule has 27 heavy (non-hydrogen) atoms. The Morgan fingerprint density at radius 2 is 2.22 bits per heavy atom. The third kappa shape index (κ3) is 3.45. The van der Waals surface area contributed by atoms with Crippen LogP contribution < -0.4 is 5.32 Å². The molecule has 1 aliphatic rings. The van der Waals surface area contributed by atoms with E-state index in [1.165, 1.54) is 23.5 Å². The molecule has 0 saturated carbocycles. The first kappa shape index (κ1) is 18.0. The summed E-state index contributed by atoms with van der Waals surface area (Å²) >= 11 is 3.05. The van der Waals surface area contributed by atoms with E-state index in [9.17, 15) is 14.4 Å². The van der Waals surface area contributed by atoms with Gasteiger partial charge < -0.3 is 5.32 Å². The van der Waals surface area contributed by atoms with Crippen molar-refractivity contribution in [2.75, 3.05) is 11.5 Å². The number of nitriles is 1. The van der Waals surface area contributed by atoms with Crippen molar-refractivity contribution >= 4 is 39.2 Å². The van der Waals surface area contributed by atoms with Gasteiger partial charge in [-0.25, -0.2) is 4.39 Å². The number of carbonyl (C=O) groups excluding carboxylic acids is 1. The third-order valence-electron chi connectivity index (χ3n) is 4.67. The van der Waals surface area contributed by atoms with Gasteiger partial charge >= 0.3 is 0 Å². The number of hydrogen-bond acceptors (Lipinski definition) is 5. The molecule has 1 saturated heterocycles. The summed E-state index contributed by atoms with van der Waals surface area (Å²) in [5.41, 5.74) is 1.01. The Hall–Kier alpha value is -2.37. The molecule has 0 radical (unpaired) electrons. The Kier molecular flexibility index (Phi) is 4.66. The number of nitrogens with one attached hydrogen (secondary N) is 1. The average Bonchev–Trinajstić information content (AvgIpc) is 3.35. The lowest BCUT2D eigenvalue weighted by molar-refractivity contribution is 0.0930. The summed E-state index contributed by atoms with van der Waals surface area (Å²) in [4.78, 5) is 14.2. The number of hydrogen-bond donors (Lipinski definition) is 1. The van der Waals surface area contributed by atoms with Crippen molar-refractivity contribution in [3.05, 3.63) is 52.3 Å². The van der Waals surface area contributed by atoms with Gasteiger partial charge in [-0.15, -0.1) is 11.3 Å². The van der Waals surface area contributed by atoms with E-state index in [0.29, 0.717) is 23.6 Å². The molecule has 1 aliphatic heterocycles. The van der Waals surface area contributed by atoms with Gasteiger partial charge in [0.05, 0.1) is 23.2 Å². The van der Waals surface area contributed by atoms with Crippen LogP contribution in [-0.2, 0) is 6.54 Å². The predicted octanol–water partition coefficient (Wildman–Crippen LogP) is 3.72. The summed E-state index contributed by atoms with van der Waals surface area (Å²) in [6.45, 7) is 2.41. The molecule has 0 spiro atoms. The molecule has 8 heteroatoms. The first-order valence-corrected chi connectivity index (χ1v) is 10.5. The fourth-order valence-corrected chi connectivity index (χ4v) is 5.48. The number of thiophene rings is 1. The van der Waals surface area contributed by atoms with Gasteiger partial charge in [0.25, 0.3) is 5.91 Å². The maximum atomic E-state index is 13.1. The van der Waals surface area contributed by atoms with Gasteiger partial charge in [-0.05, 0) is 42.9 Å². The lowest BCUT2D eigenvalue weighted by Crippen LogP contribution is -2.47. The average molecular weight is 401 g/mol. The van der Waals surface area contributed by atoms with Crippen molar-refractivity contribution in [1.82, 2.24) is 15.1 Å². The number of aryl methyl sites for hydroxylation is 1. The molecular formula is C19H17FN4OS2. The maximum Gasteiger partial charge on any atom is 0.262 e. The molecule has 138 valence electrons. The minimum absolute atomic E-state index is 0.215. The van der Waals surface area contributed by atoms with Crippen molar-refractivity contribution < 1.29 is 9.18 Å². The highest BCUT2D eigenvalue weighted by Crippen LogP contribution is 2.31. The second-order valence-corrected chi connectivity index (χ2v) is 8.79. The summed E-state index contributed by atoms with van der Waals surface area (Å²) in [6.07, 6.45) is 0.669. The van der Waals surface area contributed by atoms with Crippen LogP contribution in [0.25, 0.3) is 10.2 Å². The van der Waals surface area contributed by atoms with Gasteiger partial charge in [0.15, 0.2) is 0 Å². The van der Waals surface area contributed by atoms with Gasteiger partial charge in [0.1, 0.15) is 16.2 Å². The van der Waals surface area contributed by atoms with Crippen molar-refractivity contribution in [1.29, 1.82) is 5.26 Å². The molecule has 0 bridgehead atoms. The van der Waals surface area contributed by atoms with Crippen molar-refractivity contribution in [3.63, 3.8) is 0 Å². The van der Waals surface area contributed by atoms with Crippen LogP contribution in [0.4, 0.5) is 4.39 Å². The highest BCUT2D eigenvalue weighted by Gasteiger charge is 2.36. The van der Waals surface area contributed by atoms with E-state index in [1.807, 2.05) is 17.7 Å². The third-order valence-corrected chi connectivity index (χ3v) is 7.00. The summed E-state index contributed by atoms with van der Waals surface area (Å²) in [6, 6.07) is 10.4. The van der Waals surface area contributed by atoms with Gasteiger partial charge in [-0.3, -0.25) is 9.48 Å². The Bertz CT molecular complexity index is 1040. The first-order valence-electron chi connectivity index (χ1n) is 8.53. The number of amides is 1. The van der Waals surface area contributed by atoms with Gasteiger partial charge in [-0.1, -0.05) is 12.1 Å². The molecule has 5 nitrogen and oxygen atoms in total. The summed E-state index contributed by atoms with van der Waals surface area (Å²) in [5.74, 6) is 1.02. The molecular weight excluding hydrogens is 383 g/mol. The van der Waals surface area contributed by atoms with Crippen LogP contribution in [0, 0.1) is 24.1 Å². The SMILES string of the molecule is Cc1nn(Cc2ccc(F)cc2)c2sc(C(=O)N[C@]3(C#N)CCSC3)cc12. The van der Waals surface area contributed by atoms with E-state index < -0.39 is 5.54 Å². The zero-order valence-electron chi connectivity index (χ0n) is 14.7. The van der Waals surface area contributed by atoms with Crippen LogP contribution >= 0.6 is 23.1 Å². The van der Waals surface area contributed by atoms with E-state index in [4.69, 9.17) is 0 Å². The molecule has 1 amide bonds. The molecule has 0 aliphatic carbocycles. The number of benzene rings is 1. The number of rotatable bonds is 4. The van der Waals surface area contributed by atoms with Gasteiger partial charge in [0, 0.05) is 11.1 Å². The second kappa shape index (κ2) is 6.98. The summed E-state index contributed by atoms with van der Waals surface area (Å²) < 4.78 is 15.0.